The second-order valence-corrected chi connectivity index (χ2v) is 8.36. The Morgan fingerprint density at radius 1 is 1.46 bits per heavy atom. The van der Waals surface area contributed by atoms with Crippen molar-refractivity contribution in [1.29, 1.82) is 0 Å². The van der Waals surface area contributed by atoms with Gasteiger partial charge in [-0.3, -0.25) is 0 Å². The van der Waals surface area contributed by atoms with Crippen LogP contribution in [0.4, 0.5) is 4.79 Å². The van der Waals surface area contributed by atoms with Crippen molar-refractivity contribution < 1.29 is 9.53 Å². The topological polar surface area (TPSA) is 54.5 Å². The molecule has 2 aliphatic rings. The molecule has 1 aliphatic heterocycles. The molecule has 24 heavy (non-hydrogen) atoms. The zero-order chi connectivity index (χ0) is 17.0. The summed E-state index contributed by atoms with van der Waals surface area (Å²) in [6, 6.07) is 0.232. The molecule has 2 amide bonds. The normalized spacial score (nSPS) is 23.2. The third-order valence-corrected chi connectivity index (χ3v) is 6.38. The van der Waals surface area contributed by atoms with E-state index in [9.17, 15) is 4.79 Å². The summed E-state index contributed by atoms with van der Waals surface area (Å²) in [4.78, 5) is 19.9. The lowest BCUT2D eigenvalue weighted by atomic mass is 9.78. The molecular weight excluding hydrogens is 322 g/mol. The number of nitrogens with one attached hydrogen (secondary N) is 1. The number of amides is 2. The van der Waals surface area contributed by atoms with Crippen LogP contribution < -0.4 is 5.32 Å². The van der Waals surface area contributed by atoms with E-state index in [1.54, 1.807) is 16.2 Å². The first-order valence-electron chi connectivity index (χ1n) is 9.19. The SMILES string of the molecule is CCc1cnc(CN(C)C(=O)NC2CCOC3(CCCCC3)C2)s1. The first-order chi connectivity index (χ1) is 11.6. The Kier molecular flexibility index (Phi) is 5.76. The van der Waals surface area contributed by atoms with Crippen LogP contribution in [0, 0.1) is 0 Å². The summed E-state index contributed by atoms with van der Waals surface area (Å²) in [5.41, 5.74) is 0.0261. The number of carbonyl (C=O) groups is 1. The average Bonchev–Trinajstić information content (AvgIpc) is 3.03. The Morgan fingerprint density at radius 3 is 2.96 bits per heavy atom. The zero-order valence-electron chi connectivity index (χ0n) is 14.8. The first-order valence-corrected chi connectivity index (χ1v) is 10.0. The summed E-state index contributed by atoms with van der Waals surface area (Å²) in [5, 5.41) is 4.22. The number of urea groups is 1. The fraction of sp³-hybridized carbons (Fsp3) is 0.778. The molecule has 1 saturated carbocycles. The van der Waals surface area contributed by atoms with Crippen molar-refractivity contribution in [2.45, 2.75) is 76.5 Å². The fourth-order valence-electron chi connectivity index (χ4n) is 3.84. The molecule has 1 atom stereocenters. The molecule has 0 bridgehead atoms. The van der Waals surface area contributed by atoms with Gasteiger partial charge in [-0.25, -0.2) is 9.78 Å². The molecule has 1 saturated heterocycles. The summed E-state index contributed by atoms with van der Waals surface area (Å²) in [5.74, 6) is 0. The van der Waals surface area contributed by atoms with E-state index in [0.29, 0.717) is 6.54 Å². The van der Waals surface area contributed by atoms with Gasteiger partial charge >= 0.3 is 6.03 Å². The number of aryl methyl sites for hydroxylation is 1. The molecule has 1 aromatic heterocycles. The van der Waals surface area contributed by atoms with Crippen molar-refractivity contribution in [3.63, 3.8) is 0 Å². The van der Waals surface area contributed by atoms with Crippen LogP contribution in [0.1, 0.15) is 61.8 Å². The smallest absolute Gasteiger partial charge is 0.317 e. The molecule has 1 aliphatic carbocycles. The van der Waals surface area contributed by atoms with Gasteiger partial charge in [0.1, 0.15) is 5.01 Å². The molecule has 3 rings (SSSR count). The van der Waals surface area contributed by atoms with Crippen molar-refractivity contribution in [2.24, 2.45) is 0 Å². The van der Waals surface area contributed by atoms with Gasteiger partial charge in [-0.05, 0) is 32.1 Å². The van der Waals surface area contributed by atoms with Crippen LogP contribution in [-0.2, 0) is 17.7 Å². The number of ether oxygens (including phenoxy) is 1. The minimum absolute atomic E-state index is 0.00103. The number of carbonyl (C=O) groups excluding carboxylic acids is 1. The van der Waals surface area contributed by atoms with Crippen molar-refractivity contribution in [2.75, 3.05) is 13.7 Å². The maximum Gasteiger partial charge on any atom is 0.317 e. The van der Waals surface area contributed by atoms with Gasteiger partial charge in [0.25, 0.3) is 0 Å². The molecule has 2 fully saturated rings. The highest BCUT2D eigenvalue weighted by Gasteiger charge is 2.39. The molecule has 2 heterocycles. The van der Waals surface area contributed by atoms with Gasteiger partial charge in [0.15, 0.2) is 0 Å². The second kappa shape index (κ2) is 7.83. The number of nitrogens with zero attached hydrogens (tertiary/aromatic N) is 2. The van der Waals surface area contributed by atoms with E-state index in [4.69, 9.17) is 4.74 Å². The standard InChI is InChI=1S/C18H29N3O2S/c1-3-15-12-19-16(24-15)13-21(2)17(22)20-14-7-10-23-18(11-14)8-5-4-6-9-18/h12,14H,3-11,13H2,1-2H3,(H,20,22). The summed E-state index contributed by atoms with van der Waals surface area (Å²) in [6.07, 6.45) is 10.9. The molecular formula is C18H29N3O2S. The van der Waals surface area contributed by atoms with E-state index >= 15 is 0 Å². The molecule has 6 heteroatoms. The highest BCUT2D eigenvalue weighted by molar-refractivity contribution is 7.11. The minimum atomic E-state index is 0.00103. The number of thiazole rings is 1. The molecule has 5 nitrogen and oxygen atoms in total. The van der Waals surface area contributed by atoms with Crippen molar-refractivity contribution in [1.82, 2.24) is 15.2 Å². The van der Waals surface area contributed by atoms with E-state index in [-0.39, 0.29) is 17.7 Å². The van der Waals surface area contributed by atoms with Crippen molar-refractivity contribution in [3.05, 3.63) is 16.1 Å². The van der Waals surface area contributed by atoms with Gasteiger partial charge < -0.3 is 15.0 Å². The van der Waals surface area contributed by atoms with Crippen molar-refractivity contribution >= 4 is 17.4 Å². The molecule has 1 N–H and O–H groups in total. The van der Waals surface area contributed by atoms with Gasteiger partial charge in [0.05, 0.1) is 12.1 Å². The van der Waals surface area contributed by atoms with Gasteiger partial charge in [-0.15, -0.1) is 11.3 Å². The second-order valence-electron chi connectivity index (χ2n) is 7.16. The van der Waals surface area contributed by atoms with Gasteiger partial charge in [-0.2, -0.15) is 0 Å². The van der Waals surface area contributed by atoms with E-state index in [1.165, 1.54) is 24.1 Å². The Morgan fingerprint density at radius 2 is 2.25 bits per heavy atom. The van der Waals surface area contributed by atoms with Crippen LogP contribution in [0.5, 0.6) is 0 Å². The Bertz CT molecular complexity index is 549. The van der Waals surface area contributed by atoms with Gasteiger partial charge in [0.2, 0.25) is 0 Å². The van der Waals surface area contributed by atoms with Crippen LogP contribution in [0.3, 0.4) is 0 Å². The minimum Gasteiger partial charge on any atom is -0.375 e. The van der Waals surface area contributed by atoms with Crippen LogP contribution in [0.15, 0.2) is 6.20 Å². The summed E-state index contributed by atoms with van der Waals surface area (Å²) < 4.78 is 6.12. The largest absolute Gasteiger partial charge is 0.375 e. The van der Waals surface area contributed by atoms with Crippen LogP contribution in [-0.4, -0.2) is 41.2 Å². The molecule has 134 valence electrons. The van der Waals surface area contributed by atoms with E-state index < -0.39 is 0 Å². The molecule has 1 spiro atoms. The van der Waals surface area contributed by atoms with Crippen LogP contribution in [0.2, 0.25) is 0 Å². The fourth-order valence-corrected chi connectivity index (χ4v) is 4.76. The van der Waals surface area contributed by atoms with E-state index in [1.807, 2.05) is 13.2 Å². The molecule has 1 unspecified atom stereocenters. The van der Waals surface area contributed by atoms with E-state index in [0.717, 1.165) is 43.7 Å². The lowest BCUT2D eigenvalue weighted by molar-refractivity contribution is -0.108. The molecule has 1 aromatic rings. The van der Waals surface area contributed by atoms with Gasteiger partial charge in [-0.1, -0.05) is 26.2 Å². The Hall–Kier alpha value is -1.14. The monoisotopic (exact) mass is 351 g/mol. The van der Waals surface area contributed by atoms with E-state index in [2.05, 4.69) is 17.2 Å². The lowest BCUT2D eigenvalue weighted by Gasteiger charge is -2.43. The number of rotatable bonds is 4. The first kappa shape index (κ1) is 17.7. The average molecular weight is 352 g/mol. The predicted molar refractivity (Wildman–Crippen MR) is 96.3 cm³/mol. The number of hydrogen-bond donors (Lipinski definition) is 1. The maximum atomic E-state index is 12.5. The highest BCUT2D eigenvalue weighted by Crippen LogP contribution is 2.38. The summed E-state index contributed by atoms with van der Waals surface area (Å²) >= 11 is 1.69. The molecule has 0 radical (unpaired) electrons. The summed E-state index contributed by atoms with van der Waals surface area (Å²) in [7, 11) is 1.85. The van der Waals surface area contributed by atoms with Crippen LogP contribution in [0.25, 0.3) is 0 Å². The zero-order valence-corrected chi connectivity index (χ0v) is 15.7. The van der Waals surface area contributed by atoms with Gasteiger partial charge in [0, 0.05) is 30.8 Å². The summed E-state index contributed by atoms with van der Waals surface area (Å²) in [6.45, 7) is 3.46. The number of hydrogen-bond acceptors (Lipinski definition) is 4. The highest BCUT2D eigenvalue weighted by atomic mass is 32.1. The Labute approximate surface area is 148 Å². The maximum absolute atomic E-state index is 12.5. The van der Waals surface area contributed by atoms with Crippen molar-refractivity contribution in [3.8, 4) is 0 Å². The predicted octanol–water partition coefficient (Wildman–Crippen LogP) is 3.73. The Balaban J connectivity index is 1.51. The van der Waals surface area contributed by atoms with Crippen LogP contribution >= 0.6 is 11.3 Å². The third kappa shape index (κ3) is 4.28. The molecule has 0 aromatic carbocycles. The number of aromatic nitrogens is 1. The lowest BCUT2D eigenvalue weighted by Crippen LogP contribution is -2.51. The third-order valence-electron chi connectivity index (χ3n) is 5.25. The quantitative estimate of drug-likeness (QED) is 0.899.